The van der Waals surface area contributed by atoms with Crippen molar-refractivity contribution in [2.75, 3.05) is 6.54 Å². The van der Waals surface area contributed by atoms with E-state index >= 15 is 0 Å². The highest BCUT2D eigenvalue weighted by Gasteiger charge is 2.12. The second-order valence-corrected chi connectivity index (χ2v) is 6.22. The first-order chi connectivity index (χ1) is 7.78. The van der Waals surface area contributed by atoms with Gasteiger partial charge in [0.15, 0.2) is 5.96 Å². The highest BCUT2D eigenvalue weighted by molar-refractivity contribution is 14.0. The van der Waals surface area contributed by atoms with Crippen LogP contribution in [0, 0.1) is 6.92 Å². The van der Waals surface area contributed by atoms with E-state index in [-0.39, 0.29) is 29.5 Å². The van der Waals surface area contributed by atoms with E-state index in [9.17, 15) is 0 Å². The van der Waals surface area contributed by atoms with Gasteiger partial charge >= 0.3 is 0 Å². The van der Waals surface area contributed by atoms with Gasteiger partial charge in [0.2, 0.25) is 0 Å². The Morgan fingerprint density at radius 1 is 1.56 bits per heavy atom. The van der Waals surface area contributed by atoms with Crippen LogP contribution in [0.25, 0.3) is 0 Å². The largest absolute Gasteiger partial charge is 0.370 e. The zero-order valence-corrected chi connectivity index (χ0v) is 14.8. The van der Waals surface area contributed by atoms with Crippen molar-refractivity contribution < 1.29 is 0 Å². The highest BCUT2D eigenvalue weighted by atomic mass is 127. The Balaban J connectivity index is 0.00000289. The van der Waals surface area contributed by atoms with Gasteiger partial charge in [-0.3, -0.25) is 4.99 Å². The molecular formula is C12H23IN4S. The molecule has 0 fully saturated rings. The minimum Gasteiger partial charge on any atom is -0.370 e. The Labute approximate surface area is 131 Å². The van der Waals surface area contributed by atoms with Gasteiger partial charge in [-0.1, -0.05) is 6.92 Å². The summed E-state index contributed by atoms with van der Waals surface area (Å²) in [6, 6.07) is 0. The SMILES string of the molecule is Cc1csc(C(C)CN=C(N)NC(C)(C)C)n1.I. The number of rotatable bonds is 3. The summed E-state index contributed by atoms with van der Waals surface area (Å²) < 4.78 is 0. The number of hydrogen-bond donors (Lipinski definition) is 2. The third-order valence-electron chi connectivity index (χ3n) is 2.10. The fourth-order valence-corrected chi connectivity index (χ4v) is 2.18. The third kappa shape index (κ3) is 6.53. The molecule has 18 heavy (non-hydrogen) atoms. The molecule has 0 amide bonds. The summed E-state index contributed by atoms with van der Waals surface area (Å²) in [5, 5.41) is 6.32. The Bertz CT molecular complexity index is 395. The van der Waals surface area contributed by atoms with Crippen molar-refractivity contribution in [3.63, 3.8) is 0 Å². The van der Waals surface area contributed by atoms with Crippen LogP contribution in [-0.2, 0) is 0 Å². The van der Waals surface area contributed by atoms with E-state index in [2.05, 4.69) is 48.4 Å². The van der Waals surface area contributed by atoms with Gasteiger partial charge in [-0.05, 0) is 27.7 Å². The molecule has 0 aliphatic heterocycles. The maximum absolute atomic E-state index is 5.81. The molecule has 0 radical (unpaired) electrons. The fourth-order valence-electron chi connectivity index (χ4n) is 1.34. The average molecular weight is 382 g/mol. The van der Waals surface area contributed by atoms with Crippen LogP contribution in [-0.4, -0.2) is 23.0 Å². The molecule has 0 aliphatic rings. The van der Waals surface area contributed by atoms with Gasteiger partial charge in [-0.15, -0.1) is 35.3 Å². The zero-order valence-electron chi connectivity index (χ0n) is 11.7. The summed E-state index contributed by atoms with van der Waals surface area (Å²) in [6.07, 6.45) is 0. The van der Waals surface area contributed by atoms with E-state index in [1.807, 2.05) is 6.92 Å². The normalized spacial score (nSPS) is 13.9. The number of nitrogens with zero attached hydrogens (tertiary/aromatic N) is 2. The molecule has 4 nitrogen and oxygen atoms in total. The second kappa shape index (κ2) is 7.28. The standard InChI is InChI=1S/C12H22N4S.HI/c1-8(10-15-9(2)7-17-10)6-14-11(13)16-12(3,4)5;/h7-8H,6H2,1-5H3,(H3,13,14,16);1H. The molecule has 0 aliphatic carbocycles. The molecule has 0 bridgehead atoms. The summed E-state index contributed by atoms with van der Waals surface area (Å²) in [5.74, 6) is 0.812. The number of hydrogen-bond acceptors (Lipinski definition) is 3. The number of aliphatic imine (C=N–C) groups is 1. The lowest BCUT2D eigenvalue weighted by Crippen LogP contribution is -2.45. The van der Waals surface area contributed by atoms with E-state index in [4.69, 9.17) is 5.73 Å². The predicted molar refractivity (Wildman–Crippen MR) is 90.1 cm³/mol. The maximum Gasteiger partial charge on any atom is 0.189 e. The number of aryl methyl sites for hydroxylation is 1. The van der Waals surface area contributed by atoms with Gasteiger partial charge in [0.25, 0.3) is 0 Å². The Morgan fingerprint density at radius 3 is 2.61 bits per heavy atom. The van der Waals surface area contributed by atoms with Gasteiger partial charge in [0.1, 0.15) is 0 Å². The van der Waals surface area contributed by atoms with Gasteiger partial charge in [0.05, 0.1) is 11.6 Å². The molecule has 104 valence electrons. The molecule has 1 atom stereocenters. The molecule has 1 heterocycles. The molecule has 1 unspecified atom stereocenters. The van der Waals surface area contributed by atoms with Gasteiger partial charge in [0, 0.05) is 22.5 Å². The second-order valence-electron chi connectivity index (χ2n) is 5.33. The first-order valence-electron chi connectivity index (χ1n) is 5.78. The van der Waals surface area contributed by atoms with Crippen molar-refractivity contribution >= 4 is 41.3 Å². The smallest absolute Gasteiger partial charge is 0.189 e. The molecular weight excluding hydrogens is 359 g/mol. The van der Waals surface area contributed by atoms with E-state index < -0.39 is 0 Å². The molecule has 1 rings (SSSR count). The zero-order chi connectivity index (χ0) is 13.1. The van der Waals surface area contributed by atoms with Gasteiger partial charge < -0.3 is 11.1 Å². The number of nitrogens with two attached hydrogens (primary N) is 1. The summed E-state index contributed by atoms with van der Waals surface area (Å²) in [7, 11) is 0. The van der Waals surface area contributed by atoms with Crippen molar-refractivity contribution in [1.82, 2.24) is 10.3 Å². The lowest BCUT2D eigenvalue weighted by Gasteiger charge is -2.21. The van der Waals surface area contributed by atoms with E-state index in [0.29, 0.717) is 18.4 Å². The highest BCUT2D eigenvalue weighted by Crippen LogP contribution is 2.19. The Hall–Kier alpha value is -0.370. The molecule has 0 saturated carbocycles. The molecule has 1 aromatic heterocycles. The van der Waals surface area contributed by atoms with Crippen LogP contribution in [0.15, 0.2) is 10.4 Å². The lowest BCUT2D eigenvalue weighted by molar-refractivity contribution is 0.507. The van der Waals surface area contributed by atoms with E-state index in [1.165, 1.54) is 0 Å². The average Bonchev–Trinajstić information content (AvgIpc) is 2.58. The summed E-state index contributed by atoms with van der Waals surface area (Å²) in [5.41, 5.74) is 6.84. The number of halogens is 1. The Morgan fingerprint density at radius 2 is 2.17 bits per heavy atom. The van der Waals surface area contributed by atoms with Crippen LogP contribution in [0.1, 0.15) is 44.3 Å². The van der Waals surface area contributed by atoms with Crippen molar-refractivity contribution in [2.24, 2.45) is 10.7 Å². The number of thiazole rings is 1. The van der Waals surface area contributed by atoms with Crippen LogP contribution in [0.4, 0.5) is 0 Å². The quantitative estimate of drug-likeness (QED) is 0.480. The fraction of sp³-hybridized carbons (Fsp3) is 0.667. The van der Waals surface area contributed by atoms with Crippen molar-refractivity contribution in [3.05, 3.63) is 16.1 Å². The molecule has 0 spiro atoms. The molecule has 0 aromatic carbocycles. The summed E-state index contributed by atoms with van der Waals surface area (Å²) >= 11 is 1.68. The Kier molecular flexibility index (Phi) is 7.13. The third-order valence-corrected chi connectivity index (χ3v) is 3.29. The van der Waals surface area contributed by atoms with Crippen molar-refractivity contribution in [3.8, 4) is 0 Å². The number of nitrogens with one attached hydrogen (secondary N) is 1. The minimum atomic E-state index is -0.0470. The van der Waals surface area contributed by atoms with Crippen LogP contribution >= 0.6 is 35.3 Å². The topological polar surface area (TPSA) is 63.3 Å². The van der Waals surface area contributed by atoms with E-state index in [0.717, 1.165) is 10.7 Å². The molecule has 0 saturated heterocycles. The molecule has 3 N–H and O–H groups in total. The van der Waals surface area contributed by atoms with E-state index in [1.54, 1.807) is 11.3 Å². The first kappa shape index (κ1) is 17.6. The van der Waals surface area contributed by atoms with Crippen molar-refractivity contribution in [2.45, 2.75) is 46.1 Å². The van der Waals surface area contributed by atoms with Gasteiger partial charge in [-0.2, -0.15) is 0 Å². The number of guanidine groups is 1. The maximum atomic E-state index is 5.81. The monoisotopic (exact) mass is 382 g/mol. The minimum absolute atomic E-state index is 0. The summed E-state index contributed by atoms with van der Waals surface area (Å²) in [6.45, 7) is 11.0. The van der Waals surface area contributed by atoms with Crippen molar-refractivity contribution in [1.29, 1.82) is 0 Å². The van der Waals surface area contributed by atoms with Crippen LogP contribution in [0.5, 0.6) is 0 Å². The van der Waals surface area contributed by atoms with Crippen LogP contribution in [0.2, 0.25) is 0 Å². The van der Waals surface area contributed by atoms with Gasteiger partial charge in [-0.25, -0.2) is 4.98 Å². The van der Waals surface area contributed by atoms with Crippen LogP contribution < -0.4 is 11.1 Å². The lowest BCUT2D eigenvalue weighted by atomic mass is 10.1. The molecule has 6 heteroatoms. The first-order valence-corrected chi connectivity index (χ1v) is 6.66. The summed E-state index contributed by atoms with van der Waals surface area (Å²) in [4.78, 5) is 8.80. The van der Waals surface area contributed by atoms with Crippen LogP contribution in [0.3, 0.4) is 0 Å². The number of aromatic nitrogens is 1. The predicted octanol–water partition coefficient (Wildman–Crippen LogP) is 2.88. The molecule has 1 aromatic rings.